The molecular formula is C46H37N5O2Pt2. The molecule has 0 bridgehead atoms. The second-order valence-electron chi connectivity index (χ2n) is 13.8. The number of rotatable bonds is 11. The van der Waals surface area contributed by atoms with E-state index in [0.29, 0.717) is 40.8 Å². The third kappa shape index (κ3) is 8.80. The maximum absolute atomic E-state index is 6.66. The smallest absolute Gasteiger partial charge is 0.503 e. The van der Waals surface area contributed by atoms with Crippen molar-refractivity contribution in [3.63, 3.8) is 0 Å². The number of benzene rings is 4. The molecule has 4 aromatic carbocycles. The average Bonchev–Trinajstić information content (AvgIpc) is 3.47. The molecule has 0 aliphatic carbocycles. The van der Waals surface area contributed by atoms with E-state index in [2.05, 4.69) is 84.0 Å². The SMILES string of the molecule is CC(C)Cc1cc2c3cc(CC(C)C)c(Oc4[c-]c(-c5ccccn5)ccc4)[c-]c3n(-c3ncccn3)c2[c-]c1Oc1[c-]c(-c2ccccn2)ccc1.[Pt+2].[Pt+2]. The van der Waals surface area contributed by atoms with Crippen LogP contribution in [0.15, 0.2) is 116 Å². The molecule has 0 radical (unpaired) electrons. The van der Waals surface area contributed by atoms with Gasteiger partial charge in [0.25, 0.3) is 0 Å². The number of hydrogen-bond acceptors (Lipinski definition) is 6. The molecule has 0 amide bonds. The van der Waals surface area contributed by atoms with Gasteiger partial charge in [-0.3, -0.25) is 0 Å². The van der Waals surface area contributed by atoms with Gasteiger partial charge in [-0.1, -0.05) is 99.8 Å². The van der Waals surface area contributed by atoms with E-state index in [1.54, 1.807) is 24.8 Å². The van der Waals surface area contributed by atoms with Crippen LogP contribution in [0.4, 0.5) is 0 Å². The second kappa shape index (κ2) is 17.7. The summed E-state index contributed by atoms with van der Waals surface area (Å²) in [5.41, 5.74) is 7.01. The normalized spacial score (nSPS) is 11.1. The summed E-state index contributed by atoms with van der Waals surface area (Å²) in [5.74, 6) is 3.66. The topological polar surface area (TPSA) is 75.0 Å². The van der Waals surface area contributed by atoms with E-state index in [4.69, 9.17) is 9.47 Å². The number of ether oxygens (including phenoxy) is 2. The molecule has 0 fully saturated rings. The molecule has 0 unspecified atom stereocenters. The Hall–Kier alpha value is -4.96. The fourth-order valence-corrected chi connectivity index (χ4v) is 6.55. The average molecular weight is 1080 g/mol. The van der Waals surface area contributed by atoms with Gasteiger partial charge in [0.1, 0.15) is 0 Å². The van der Waals surface area contributed by atoms with Crippen LogP contribution < -0.4 is 9.47 Å². The summed E-state index contributed by atoms with van der Waals surface area (Å²) in [4.78, 5) is 18.4. The molecule has 0 spiro atoms. The maximum atomic E-state index is 6.66. The first-order valence-corrected chi connectivity index (χ1v) is 17.9. The van der Waals surface area contributed by atoms with E-state index in [0.717, 1.165) is 68.3 Å². The Labute approximate surface area is 350 Å². The van der Waals surface area contributed by atoms with Gasteiger partial charge in [0, 0.05) is 47.8 Å². The molecule has 0 atom stereocenters. The number of hydrogen-bond donors (Lipinski definition) is 0. The minimum atomic E-state index is 0. The third-order valence-corrected chi connectivity index (χ3v) is 8.78. The van der Waals surface area contributed by atoms with Crippen molar-refractivity contribution in [1.29, 1.82) is 0 Å². The Morgan fingerprint density at radius 2 is 0.982 bits per heavy atom. The zero-order valence-corrected chi connectivity index (χ0v) is 35.3. The van der Waals surface area contributed by atoms with Crippen molar-refractivity contribution in [2.24, 2.45) is 11.8 Å². The zero-order valence-electron chi connectivity index (χ0n) is 30.7. The first-order chi connectivity index (χ1) is 25.9. The Morgan fingerprint density at radius 1 is 0.527 bits per heavy atom. The van der Waals surface area contributed by atoms with Crippen molar-refractivity contribution in [3.05, 3.63) is 151 Å². The van der Waals surface area contributed by atoms with Gasteiger partial charge in [-0.15, -0.1) is 70.8 Å². The first kappa shape index (κ1) is 39.7. The Balaban J connectivity index is 0.00000257. The summed E-state index contributed by atoms with van der Waals surface area (Å²) in [5, 5.41) is 2.02. The molecule has 7 nitrogen and oxygen atoms in total. The monoisotopic (exact) mass is 1080 g/mol. The van der Waals surface area contributed by atoms with E-state index in [1.165, 1.54) is 0 Å². The largest absolute Gasteiger partial charge is 2.00 e. The number of aromatic nitrogens is 5. The van der Waals surface area contributed by atoms with Crippen LogP contribution in [0.25, 0.3) is 50.3 Å². The summed E-state index contributed by atoms with van der Waals surface area (Å²) in [6, 6.07) is 43.8. The van der Waals surface area contributed by atoms with Gasteiger partial charge in [-0.2, -0.15) is 22.9 Å². The Morgan fingerprint density at radius 3 is 1.40 bits per heavy atom. The van der Waals surface area contributed by atoms with Gasteiger partial charge in [0.05, 0.1) is 0 Å². The fraction of sp³-hybridized carbons (Fsp3) is 0.174. The first-order valence-electron chi connectivity index (χ1n) is 17.9. The number of nitrogens with zero attached hydrogens (tertiary/aromatic N) is 5. The van der Waals surface area contributed by atoms with Crippen LogP contribution >= 0.6 is 0 Å². The molecule has 0 saturated carbocycles. The van der Waals surface area contributed by atoms with Crippen molar-refractivity contribution < 1.29 is 51.6 Å². The van der Waals surface area contributed by atoms with Crippen molar-refractivity contribution in [3.8, 4) is 51.5 Å². The van der Waals surface area contributed by atoms with Crippen LogP contribution in [0.5, 0.6) is 23.0 Å². The summed E-state index contributed by atoms with van der Waals surface area (Å²) >= 11 is 0. The van der Waals surface area contributed by atoms with Crippen molar-refractivity contribution in [2.75, 3.05) is 0 Å². The molecule has 0 aliphatic heterocycles. The molecule has 4 heterocycles. The van der Waals surface area contributed by atoms with Crippen molar-refractivity contribution >= 4 is 21.8 Å². The molecule has 4 aromatic heterocycles. The second-order valence-corrected chi connectivity index (χ2v) is 13.8. The van der Waals surface area contributed by atoms with Gasteiger partial charge >= 0.3 is 42.1 Å². The zero-order chi connectivity index (χ0) is 36.3. The minimum Gasteiger partial charge on any atom is -0.503 e. The molecule has 0 aliphatic rings. The maximum Gasteiger partial charge on any atom is 2.00 e. The van der Waals surface area contributed by atoms with Gasteiger partial charge < -0.3 is 24.0 Å². The van der Waals surface area contributed by atoms with E-state index in [-0.39, 0.29) is 42.1 Å². The Bertz CT molecular complexity index is 2370. The van der Waals surface area contributed by atoms with Crippen molar-refractivity contribution in [2.45, 2.75) is 40.5 Å². The van der Waals surface area contributed by atoms with Crippen LogP contribution in [0.2, 0.25) is 0 Å². The third-order valence-electron chi connectivity index (χ3n) is 8.78. The van der Waals surface area contributed by atoms with Crippen LogP contribution in [0.1, 0.15) is 38.8 Å². The predicted molar refractivity (Wildman–Crippen MR) is 208 cm³/mol. The summed E-state index contributed by atoms with van der Waals surface area (Å²) < 4.78 is 15.3. The van der Waals surface area contributed by atoms with E-state index in [9.17, 15) is 0 Å². The number of fused-ring (bicyclic) bond motifs is 3. The van der Waals surface area contributed by atoms with E-state index >= 15 is 0 Å². The molecule has 8 rings (SSSR count). The van der Waals surface area contributed by atoms with E-state index < -0.39 is 0 Å². The van der Waals surface area contributed by atoms with Crippen LogP contribution in [-0.4, -0.2) is 24.5 Å². The van der Waals surface area contributed by atoms with Gasteiger partial charge in [0.15, 0.2) is 0 Å². The number of pyridine rings is 2. The fourth-order valence-electron chi connectivity index (χ4n) is 6.55. The van der Waals surface area contributed by atoms with Gasteiger partial charge in [-0.25, -0.2) is 9.97 Å². The van der Waals surface area contributed by atoms with Crippen LogP contribution in [0.3, 0.4) is 0 Å². The van der Waals surface area contributed by atoms with Crippen LogP contribution in [-0.2, 0) is 55.0 Å². The van der Waals surface area contributed by atoms with Gasteiger partial charge in [0.2, 0.25) is 5.95 Å². The Kier molecular flexibility index (Phi) is 12.8. The standard InChI is InChI=1S/C46H37N5O2.2Pt/c1-30(2)22-34-26-38-39-27-35(23-31(3)4)45(53-37-15-10-13-33(25-37)41-17-6-8-19-48-41)29-43(39)51(46-49-20-11-21-50-46)42(38)28-44(34)52-36-14-9-12-32(24-36)40-16-5-7-18-47-40;;/h5-21,26-27,30-31H,22-23H2,1-4H3;;/q-4;2*+2. The van der Waals surface area contributed by atoms with Crippen molar-refractivity contribution in [1.82, 2.24) is 24.5 Å². The molecule has 8 aromatic rings. The summed E-state index contributed by atoms with van der Waals surface area (Å²) in [6.45, 7) is 8.84. The van der Waals surface area contributed by atoms with Gasteiger partial charge in [-0.05, 0) is 29.6 Å². The molecule has 278 valence electrons. The minimum absolute atomic E-state index is 0. The van der Waals surface area contributed by atoms with Crippen LogP contribution in [0, 0.1) is 36.1 Å². The molecule has 0 N–H and O–H groups in total. The molecule has 55 heavy (non-hydrogen) atoms. The quantitative estimate of drug-likeness (QED) is 0.120. The molecule has 0 saturated heterocycles. The summed E-state index contributed by atoms with van der Waals surface area (Å²) in [7, 11) is 0. The molecular weight excluding hydrogens is 1040 g/mol. The predicted octanol–water partition coefficient (Wildman–Crippen LogP) is 10.9. The van der Waals surface area contributed by atoms with E-state index in [1.807, 2.05) is 83.4 Å². The molecule has 9 heteroatoms. The summed E-state index contributed by atoms with van der Waals surface area (Å²) in [6.07, 6.45) is 8.63.